The lowest BCUT2D eigenvalue weighted by molar-refractivity contribution is -0.150. The summed E-state index contributed by atoms with van der Waals surface area (Å²) in [6.07, 6.45) is -3.16. The average molecular weight is 572 g/mol. The number of H-pyrrole nitrogens is 1. The Kier molecular flexibility index (Phi) is 9.69. The summed E-state index contributed by atoms with van der Waals surface area (Å²) in [4.78, 5) is 38.6. The van der Waals surface area contributed by atoms with E-state index in [9.17, 15) is 24.6 Å². The van der Waals surface area contributed by atoms with E-state index < -0.39 is 53.9 Å². The summed E-state index contributed by atoms with van der Waals surface area (Å²) in [5.41, 5.74) is -3.36. The number of aromatic amines is 1. The molecule has 38 heavy (non-hydrogen) atoms. The van der Waals surface area contributed by atoms with Gasteiger partial charge in [0, 0.05) is 12.3 Å². The SMILES string of the molecule is CC(C)OC(=O)C(NP(=S)(OCC1OC(n2ccc(=O)[nH]c2=O)C(C)(O)C1O)Oc1ccccc1)C(C)C. The molecule has 0 radical (unpaired) electrons. The number of hydrogen-bond acceptors (Lipinski definition) is 10. The Morgan fingerprint density at radius 3 is 2.47 bits per heavy atom. The van der Waals surface area contributed by atoms with Crippen molar-refractivity contribution in [3.8, 4) is 5.75 Å². The molecule has 1 aliphatic heterocycles. The normalized spacial score (nSPS) is 25.8. The number of carbonyl (C=O) groups excluding carboxylic acids is 1. The van der Waals surface area contributed by atoms with Crippen LogP contribution in [-0.2, 0) is 30.6 Å². The van der Waals surface area contributed by atoms with E-state index in [4.69, 9.17) is 30.3 Å². The first-order valence-electron chi connectivity index (χ1n) is 12.1. The van der Waals surface area contributed by atoms with Crippen LogP contribution in [0.15, 0.2) is 52.2 Å². The number of nitrogens with zero attached hydrogens (tertiary/aromatic N) is 1. The zero-order valence-electron chi connectivity index (χ0n) is 21.8. The zero-order chi connectivity index (χ0) is 28.3. The third kappa shape index (κ3) is 7.17. The second-order valence-corrected chi connectivity index (χ2v) is 12.9. The van der Waals surface area contributed by atoms with Crippen LogP contribution in [-0.4, -0.2) is 62.3 Å². The van der Waals surface area contributed by atoms with Gasteiger partial charge in [-0.3, -0.25) is 19.1 Å². The molecule has 6 unspecified atom stereocenters. The van der Waals surface area contributed by atoms with E-state index in [0.717, 1.165) is 16.8 Å². The molecule has 2 aromatic rings. The fourth-order valence-corrected chi connectivity index (χ4v) is 6.27. The number of benzene rings is 1. The number of aliphatic hydroxyl groups is 2. The van der Waals surface area contributed by atoms with Crippen molar-refractivity contribution in [1.29, 1.82) is 0 Å². The maximum absolute atomic E-state index is 12.8. The van der Waals surface area contributed by atoms with Crippen LogP contribution in [0.1, 0.15) is 40.8 Å². The highest BCUT2D eigenvalue weighted by Gasteiger charge is 2.54. The van der Waals surface area contributed by atoms with Crippen molar-refractivity contribution in [3.05, 3.63) is 63.4 Å². The van der Waals surface area contributed by atoms with E-state index in [1.807, 2.05) is 13.8 Å². The van der Waals surface area contributed by atoms with Gasteiger partial charge in [-0.2, -0.15) is 0 Å². The van der Waals surface area contributed by atoms with Crippen molar-refractivity contribution < 1.29 is 33.5 Å². The van der Waals surface area contributed by atoms with Gasteiger partial charge >= 0.3 is 18.3 Å². The Morgan fingerprint density at radius 1 is 1.24 bits per heavy atom. The van der Waals surface area contributed by atoms with E-state index in [2.05, 4.69) is 10.1 Å². The molecule has 1 saturated heterocycles. The van der Waals surface area contributed by atoms with Crippen LogP contribution in [0.4, 0.5) is 0 Å². The molecule has 1 aromatic carbocycles. The first kappa shape index (κ1) is 30.2. The number of rotatable bonds is 11. The molecule has 1 aromatic heterocycles. The quantitative estimate of drug-likeness (QED) is 0.228. The molecular formula is C24H34N3O9PS. The summed E-state index contributed by atoms with van der Waals surface area (Å²) in [5, 5.41) is 24.8. The van der Waals surface area contributed by atoms with Gasteiger partial charge in [0.05, 0.1) is 12.7 Å². The summed E-state index contributed by atoms with van der Waals surface area (Å²) in [6, 6.07) is 8.87. The smallest absolute Gasteiger partial charge is 0.330 e. The van der Waals surface area contributed by atoms with Crippen molar-refractivity contribution in [2.75, 3.05) is 6.61 Å². The minimum Gasteiger partial charge on any atom is -0.462 e. The highest BCUT2D eigenvalue weighted by molar-refractivity contribution is 8.09. The van der Waals surface area contributed by atoms with E-state index in [0.29, 0.717) is 5.75 Å². The van der Waals surface area contributed by atoms with Crippen molar-refractivity contribution in [1.82, 2.24) is 14.6 Å². The number of hydrogen-bond donors (Lipinski definition) is 4. The van der Waals surface area contributed by atoms with Gasteiger partial charge in [-0.1, -0.05) is 32.0 Å². The molecule has 1 fully saturated rings. The number of carbonyl (C=O) groups is 1. The Balaban J connectivity index is 1.85. The minimum absolute atomic E-state index is 0.239. The molecule has 0 amide bonds. The van der Waals surface area contributed by atoms with E-state index in [-0.39, 0.29) is 18.6 Å². The summed E-state index contributed by atoms with van der Waals surface area (Å²) in [5.74, 6) is -0.375. The Labute approximate surface area is 225 Å². The highest BCUT2D eigenvalue weighted by Crippen LogP contribution is 2.47. The van der Waals surface area contributed by atoms with Gasteiger partial charge in [-0.25, -0.2) is 9.88 Å². The van der Waals surface area contributed by atoms with Gasteiger partial charge in [0.15, 0.2) is 6.23 Å². The van der Waals surface area contributed by atoms with Crippen molar-refractivity contribution in [2.45, 2.75) is 70.8 Å². The summed E-state index contributed by atoms with van der Waals surface area (Å²) >= 11 is 5.75. The largest absolute Gasteiger partial charge is 0.462 e. The molecule has 0 saturated carbocycles. The minimum atomic E-state index is -3.48. The van der Waals surface area contributed by atoms with Crippen LogP contribution >= 0.6 is 6.64 Å². The maximum Gasteiger partial charge on any atom is 0.330 e. The van der Waals surface area contributed by atoms with Crippen molar-refractivity contribution >= 4 is 24.4 Å². The second kappa shape index (κ2) is 12.2. The monoisotopic (exact) mass is 571 g/mol. The first-order valence-corrected chi connectivity index (χ1v) is 14.7. The lowest BCUT2D eigenvalue weighted by atomic mass is 9.96. The average Bonchev–Trinajstić information content (AvgIpc) is 3.05. The molecule has 6 atom stereocenters. The summed E-state index contributed by atoms with van der Waals surface area (Å²) < 4.78 is 24.2. The van der Waals surface area contributed by atoms with Crippen molar-refractivity contribution in [2.24, 2.45) is 5.92 Å². The topological polar surface area (TPSA) is 161 Å². The standard InChI is InChI=1S/C24H34N3O9PS/c1-14(2)19(21(30)34-15(3)4)26-37(38,36-16-9-7-6-8-10-16)33-13-17-20(29)24(5,32)22(35-17)27-12-11-18(28)25-23(27)31/h6-12,14-15,17,19-20,22,29,32H,13H2,1-5H3,(H,26,38)(H,25,28,31). The van der Waals surface area contributed by atoms with Crippen LogP contribution in [0, 0.1) is 5.92 Å². The van der Waals surface area contributed by atoms with Gasteiger partial charge < -0.3 is 28.7 Å². The maximum atomic E-state index is 12.8. The molecule has 1 aliphatic rings. The van der Waals surface area contributed by atoms with Gasteiger partial charge in [-0.05, 0) is 50.6 Å². The first-order chi connectivity index (χ1) is 17.7. The van der Waals surface area contributed by atoms with Crippen LogP contribution in [0.5, 0.6) is 5.75 Å². The summed E-state index contributed by atoms with van der Waals surface area (Å²) in [6.45, 7) is 4.56. The number of para-hydroxylation sites is 1. The van der Waals surface area contributed by atoms with Crippen LogP contribution in [0.25, 0.3) is 0 Å². The lowest BCUT2D eigenvalue weighted by Crippen LogP contribution is -2.47. The fourth-order valence-electron chi connectivity index (χ4n) is 3.82. The molecule has 2 heterocycles. The molecule has 0 spiro atoms. The van der Waals surface area contributed by atoms with Gasteiger partial charge in [0.25, 0.3) is 5.56 Å². The van der Waals surface area contributed by atoms with Gasteiger partial charge in [0.1, 0.15) is 29.6 Å². The summed E-state index contributed by atoms with van der Waals surface area (Å²) in [7, 11) is 0. The van der Waals surface area contributed by atoms with Crippen LogP contribution < -0.4 is 20.9 Å². The van der Waals surface area contributed by atoms with Crippen LogP contribution in [0.2, 0.25) is 0 Å². The predicted octanol–water partition coefficient (Wildman–Crippen LogP) is 1.43. The number of nitrogens with one attached hydrogen (secondary N) is 2. The number of aliphatic hydroxyl groups excluding tert-OH is 1. The van der Waals surface area contributed by atoms with Gasteiger partial charge in [0.2, 0.25) is 0 Å². The van der Waals surface area contributed by atoms with E-state index in [1.54, 1.807) is 44.2 Å². The number of esters is 1. The third-order valence-electron chi connectivity index (χ3n) is 5.81. The molecule has 4 N–H and O–H groups in total. The zero-order valence-corrected chi connectivity index (χ0v) is 23.5. The molecule has 0 bridgehead atoms. The number of aromatic nitrogens is 2. The van der Waals surface area contributed by atoms with Crippen LogP contribution in [0.3, 0.4) is 0 Å². The molecule has 14 heteroatoms. The van der Waals surface area contributed by atoms with E-state index >= 15 is 0 Å². The second-order valence-electron chi connectivity index (χ2n) is 9.75. The molecular weight excluding hydrogens is 537 g/mol. The van der Waals surface area contributed by atoms with Gasteiger partial charge in [-0.15, -0.1) is 0 Å². The predicted molar refractivity (Wildman–Crippen MR) is 142 cm³/mol. The third-order valence-corrected chi connectivity index (χ3v) is 8.20. The van der Waals surface area contributed by atoms with E-state index in [1.165, 1.54) is 6.92 Å². The number of ether oxygens (including phenoxy) is 2. The fraction of sp³-hybridized carbons (Fsp3) is 0.542. The van der Waals surface area contributed by atoms with Crippen molar-refractivity contribution in [3.63, 3.8) is 0 Å². The molecule has 3 rings (SSSR count). The highest BCUT2D eigenvalue weighted by atomic mass is 32.5. The Morgan fingerprint density at radius 2 is 1.89 bits per heavy atom. The molecule has 210 valence electrons. The Hall–Kier alpha value is -2.38. The molecule has 0 aliphatic carbocycles. The Bertz CT molecular complexity index is 1260. The lowest BCUT2D eigenvalue weighted by Gasteiger charge is -2.31. The molecule has 12 nitrogen and oxygen atoms in total.